The number of sulfonamides is 1. The summed E-state index contributed by atoms with van der Waals surface area (Å²) in [5.74, 6) is 0.131. The summed E-state index contributed by atoms with van der Waals surface area (Å²) in [7, 11) is -3.81. The maximum absolute atomic E-state index is 12.6. The molecule has 0 unspecified atom stereocenters. The second kappa shape index (κ2) is 7.96. The monoisotopic (exact) mass is 412 g/mol. The van der Waals surface area contributed by atoms with Gasteiger partial charge in [0.2, 0.25) is 15.9 Å². The van der Waals surface area contributed by atoms with Crippen molar-refractivity contribution in [1.82, 2.24) is 9.62 Å². The zero-order valence-electron chi connectivity index (χ0n) is 13.9. The number of likely N-dealkylation sites (tertiary alicyclic amines) is 1. The summed E-state index contributed by atoms with van der Waals surface area (Å²) in [4.78, 5) is 13.6. The minimum atomic E-state index is -3.81. The number of amides is 1. The van der Waals surface area contributed by atoms with Crippen LogP contribution < -0.4 is 4.72 Å². The topological polar surface area (TPSA) is 66.5 Å². The summed E-state index contributed by atoms with van der Waals surface area (Å²) in [6.45, 7) is 1.31. The van der Waals surface area contributed by atoms with E-state index in [4.69, 9.17) is 23.2 Å². The smallest absolute Gasteiger partial charge is 0.242 e. The largest absolute Gasteiger partial charge is 0.338 e. The minimum absolute atomic E-state index is 0.0566. The van der Waals surface area contributed by atoms with Gasteiger partial charge in [-0.1, -0.05) is 47.5 Å². The fourth-order valence-electron chi connectivity index (χ4n) is 2.89. The molecule has 2 aromatic rings. The third kappa shape index (κ3) is 4.38. The van der Waals surface area contributed by atoms with Crippen LogP contribution >= 0.6 is 23.2 Å². The summed E-state index contributed by atoms with van der Waals surface area (Å²) in [5.41, 5.74) is 1.73. The number of hydrogen-bond acceptors (Lipinski definition) is 3. The highest BCUT2D eigenvalue weighted by Crippen LogP contribution is 2.25. The lowest BCUT2D eigenvalue weighted by Crippen LogP contribution is -2.27. The van der Waals surface area contributed by atoms with E-state index in [1.54, 1.807) is 4.90 Å². The van der Waals surface area contributed by atoms with E-state index in [0.717, 1.165) is 24.1 Å². The molecule has 1 aliphatic rings. The zero-order valence-corrected chi connectivity index (χ0v) is 16.2. The van der Waals surface area contributed by atoms with Gasteiger partial charge in [0.05, 0.1) is 5.02 Å². The molecule has 138 valence electrons. The molecule has 1 N–H and O–H groups in total. The molecule has 0 radical (unpaired) electrons. The molecule has 0 atom stereocenters. The van der Waals surface area contributed by atoms with E-state index >= 15 is 0 Å². The Bertz CT molecular complexity index is 932. The van der Waals surface area contributed by atoms with Crippen molar-refractivity contribution in [1.29, 1.82) is 0 Å². The maximum Gasteiger partial charge on any atom is 0.242 e. The van der Waals surface area contributed by atoms with Crippen molar-refractivity contribution < 1.29 is 13.2 Å². The molecular weight excluding hydrogens is 395 g/mol. The molecular formula is C18H18Cl2N2O3S. The molecule has 3 rings (SSSR count). The van der Waals surface area contributed by atoms with Crippen molar-refractivity contribution in [3.05, 3.63) is 63.6 Å². The van der Waals surface area contributed by atoms with Crippen LogP contribution in [0.4, 0.5) is 0 Å². The Morgan fingerprint density at radius 3 is 2.50 bits per heavy atom. The highest BCUT2D eigenvalue weighted by Gasteiger charge is 2.22. The van der Waals surface area contributed by atoms with E-state index in [1.807, 2.05) is 24.3 Å². The number of rotatable bonds is 6. The van der Waals surface area contributed by atoms with Crippen LogP contribution in [-0.2, 0) is 27.9 Å². The van der Waals surface area contributed by atoms with E-state index in [9.17, 15) is 13.2 Å². The molecule has 1 heterocycles. The molecule has 1 saturated heterocycles. The van der Waals surface area contributed by atoms with Gasteiger partial charge in [-0.25, -0.2) is 13.1 Å². The lowest BCUT2D eigenvalue weighted by Gasteiger charge is -2.18. The molecule has 0 saturated carbocycles. The Hall–Kier alpha value is -1.60. The van der Waals surface area contributed by atoms with Crippen LogP contribution in [0.15, 0.2) is 47.4 Å². The fraction of sp³-hybridized carbons (Fsp3) is 0.278. The number of carbonyl (C=O) groups excluding carboxylic acids is 1. The van der Waals surface area contributed by atoms with Gasteiger partial charge < -0.3 is 4.90 Å². The molecule has 1 aliphatic heterocycles. The van der Waals surface area contributed by atoms with Crippen molar-refractivity contribution in [2.45, 2.75) is 30.8 Å². The van der Waals surface area contributed by atoms with Crippen LogP contribution in [0.3, 0.4) is 0 Å². The Morgan fingerprint density at radius 2 is 1.81 bits per heavy atom. The SMILES string of the molecule is O=C1CCCN1Cc1ccccc1CNS(=O)(=O)c1cc(Cl)ccc1Cl. The first kappa shape index (κ1) is 19.2. The first-order valence-electron chi connectivity index (χ1n) is 8.16. The van der Waals surface area contributed by atoms with Crippen LogP contribution in [0.2, 0.25) is 10.0 Å². The summed E-state index contributed by atoms with van der Waals surface area (Å²) in [6, 6.07) is 11.8. The molecule has 0 aromatic heterocycles. The number of hydrogen-bond donors (Lipinski definition) is 1. The summed E-state index contributed by atoms with van der Waals surface area (Å²) >= 11 is 11.9. The van der Waals surface area contributed by atoms with E-state index in [-0.39, 0.29) is 22.4 Å². The first-order valence-corrected chi connectivity index (χ1v) is 10.4. The van der Waals surface area contributed by atoms with Crippen molar-refractivity contribution in [3.63, 3.8) is 0 Å². The van der Waals surface area contributed by atoms with Crippen LogP contribution in [0, 0.1) is 0 Å². The average molecular weight is 413 g/mol. The second-order valence-electron chi connectivity index (χ2n) is 6.09. The highest BCUT2D eigenvalue weighted by atomic mass is 35.5. The van der Waals surface area contributed by atoms with Gasteiger partial charge in [0.25, 0.3) is 0 Å². The standard InChI is InChI=1S/C18H18Cl2N2O3S/c19-15-7-8-16(20)17(10-15)26(24,25)21-11-13-4-1-2-5-14(13)12-22-9-3-6-18(22)23/h1-2,4-5,7-8,10,21H,3,6,9,11-12H2. The van der Waals surface area contributed by atoms with Crippen molar-refractivity contribution in [3.8, 4) is 0 Å². The lowest BCUT2D eigenvalue weighted by molar-refractivity contribution is -0.128. The lowest BCUT2D eigenvalue weighted by atomic mass is 10.1. The Labute approximate surface area is 163 Å². The van der Waals surface area contributed by atoms with Gasteiger partial charge in [-0.2, -0.15) is 0 Å². The molecule has 5 nitrogen and oxygen atoms in total. The van der Waals surface area contributed by atoms with Gasteiger partial charge in [-0.3, -0.25) is 4.79 Å². The first-order chi connectivity index (χ1) is 12.4. The third-order valence-electron chi connectivity index (χ3n) is 4.29. The average Bonchev–Trinajstić information content (AvgIpc) is 3.01. The second-order valence-corrected chi connectivity index (χ2v) is 8.67. The summed E-state index contributed by atoms with van der Waals surface area (Å²) < 4.78 is 27.7. The van der Waals surface area contributed by atoms with Crippen molar-refractivity contribution >= 4 is 39.1 Å². The van der Waals surface area contributed by atoms with Gasteiger partial charge in [0.15, 0.2) is 0 Å². The van der Waals surface area contributed by atoms with Gasteiger partial charge in [-0.15, -0.1) is 0 Å². The quantitative estimate of drug-likeness (QED) is 0.787. The molecule has 0 bridgehead atoms. The Kier molecular flexibility index (Phi) is 5.87. The molecule has 1 fully saturated rings. The van der Waals surface area contributed by atoms with Gasteiger partial charge in [-0.05, 0) is 35.7 Å². The molecule has 26 heavy (non-hydrogen) atoms. The predicted octanol–water partition coefficient (Wildman–Crippen LogP) is 3.59. The minimum Gasteiger partial charge on any atom is -0.338 e. The number of halogens is 2. The van der Waals surface area contributed by atoms with E-state index < -0.39 is 10.0 Å². The molecule has 0 spiro atoms. The maximum atomic E-state index is 12.6. The van der Waals surface area contributed by atoms with Gasteiger partial charge >= 0.3 is 0 Å². The van der Waals surface area contributed by atoms with Crippen molar-refractivity contribution in [2.24, 2.45) is 0 Å². The van der Waals surface area contributed by atoms with E-state index in [2.05, 4.69) is 4.72 Å². The van der Waals surface area contributed by atoms with Gasteiger partial charge in [0.1, 0.15) is 4.90 Å². The normalized spacial score (nSPS) is 14.8. The van der Waals surface area contributed by atoms with Crippen LogP contribution in [0.5, 0.6) is 0 Å². The van der Waals surface area contributed by atoms with Gasteiger partial charge in [0, 0.05) is 31.1 Å². The molecule has 2 aromatic carbocycles. The highest BCUT2D eigenvalue weighted by molar-refractivity contribution is 7.89. The van der Waals surface area contributed by atoms with Crippen LogP contribution in [-0.4, -0.2) is 25.8 Å². The number of nitrogens with zero attached hydrogens (tertiary/aromatic N) is 1. The van der Waals surface area contributed by atoms with Crippen molar-refractivity contribution in [2.75, 3.05) is 6.54 Å². The summed E-state index contributed by atoms with van der Waals surface area (Å²) in [5, 5.41) is 0.403. The summed E-state index contributed by atoms with van der Waals surface area (Å²) in [6.07, 6.45) is 1.43. The van der Waals surface area contributed by atoms with E-state index in [0.29, 0.717) is 18.0 Å². The number of benzene rings is 2. The zero-order chi connectivity index (χ0) is 18.7. The Balaban J connectivity index is 1.77. The Morgan fingerprint density at radius 1 is 1.08 bits per heavy atom. The predicted molar refractivity (Wildman–Crippen MR) is 102 cm³/mol. The van der Waals surface area contributed by atoms with Crippen LogP contribution in [0.1, 0.15) is 24.0 Å². The number of nitrogens with one attached hydrogen (secondary N) is 1. The van der Waals surface area contributed by atoms with Crippen LogP contribution in [0.25, 0.3) is 0 Å². The molecule has 1 amide bonds. The molecule has 8 heteroatoms. The fourth-order valence-corrected chi connectivity index (χ4v) is 4.66. The molecule has 0 aliphatic carbocycles. The third-order valence-corrected chi connectivity index (χ3v) is 6.40. The number of carbonyl (C=O) groups is 1. The van der Waals surface area contributed by atoms with E-state index in [1.165, 1.54) is 18.2 Å².